The molecule has 7 heteroatoms. The van der Waals surface area contributed by atoms with Gasteiger partial charge in [0, 0.05) is 43.3 Å². The van der Waals surface area contributed by atoms with Gasteiger partial charge in [0.25, 0.3) is 0 Å². The molecule has 1 fully saturated rings. The van der Waals surface area contributed by atoms with Gasteiger partial charge in [-0.3, -0.25) is 14.6 Å². The molecule has 32 heavy (non-hydrogen) atoms. The van der Waals surface area contributed by atoms with Crippen LogP contribution in [0.3, 0.4) is 0 Å². The number of furan rings is 1. The minimum absolute atomic E-state index is 0.00954. The Hall–Kier alpha value is -2.80. The van der Waals surface area contributed by atoms with Crippen molar-refractivity contribution < 1.29 is 13.9 Å². The molecular weight excluding hydrogens is 426 g/mol. The molecule has 168 valence electrons. The van der Waals surface area contributed by atoms with E-state index < -0.39 is 0 Å². The monoisotopic (exact) mass is 453 g/mol. The Morgan fingerprint density at radius 2 is 1.66 bits per heavy atom. The lowest BCUT2D eigenvalue weighted by molar-refractivity contribution is -0.122. The SMILES string of the molecule is O=C(CN1CCN(CCOc2ccccc2)CC1)NCc1ccc(-c2ccc(Cl)cc2)o1. The van der Waals surface area contributed by atoms with Gasteiger partial charge in [0.1, 0.15) is 23.9 Å². The van der Waals surface area contributed by atoms with Gasteiger partial charge in [-0.1, -0.05) is 29.8 Å². The van der Waals surface area contributed by atoms with Crippen LogP contribution in [0.15, 0.2) is 71.1 Å². The zero-order chi connectivity index (χ0) is 22.2. The number of rotatable bonds is 9. The Bertz CT molecular complexity index is 983. The van der Waals surface area contributed by atoms with Gasteiger partial charge in [0.05, 0.1) is 13.1 Å². The van der Waals surface area contributed by atoms with Crippen molar-refractivity contribution in [1.82, 2.24) is 15.1 Å². The summed E-state index contributed by atoms with van der Waals surface area (Å²) < 4.78 is 11.6. The summed E-state index contributed by atoms with van der Waals surface area (Å²) in [6, 6.07) is 21.2. The molecule has 0 spiro atoms. The van der Waals surface area contributed by atoms with Crippen LogP contribution >= 0.6 is 11.6 Å². The van der Waals surface area contributed by atoms with Crippen LogP contribution in [0.25, 0.3) is 11.3 Å². The van der Waals surface area contributed by atoms with Crippen molar-refractivity contribution >= 4 is 17.5 Å². The Kier molecular flexibility index (Phi) is 7.82. The molecule has 0 saturated carbocycles. The van der Waals surface area contributed by atoms with Crippen molar-refractivity contribution in [2.75, 3.05) is 45.9 Å². The van der Waals surface area contributed by atoms with Gasteiger partial charge in [-0.25, -0.2) is 0 Å². The maximum Gasteiger partial charge on any atom is 0.234 e. The molecule has 0 atom stereocenters. The Labute approximate surface area is 193 Å². The van der Waals surface area contributed by atoms with E-state index in [1.165, 1.54) is 0 Å². The first-order valence-electron chi connectivity index (χ1n) is 10.9. The predicted molar refractivity (Wildman–Crippen MR) is 126 cm³/mol. The fourth-order valence-electron chi connectivity index (χ4n) is 3.67. The Morgan fingerprint density at radius 3 is 2.41 bits per heavy atom. The van der Waals surface area contributed by atoms with Gasteiger partial charge >= 0.3 is 0 Å². The minimum Gasteiger partial charge on any atom is -0.492 e. The number of hydrogen-bond acceptors (Lipinski definition) is 5. The van der Waals surface area contributed by atoms with Crippen molar-refractivity contribution in [2.45, 2.75) is 6.54 Å². The zero-order valence-corrected chi connectivity index (χ0v) is 18.8. The summed E-state index contributed by atoms with van der Waals surface area (Å²) in [5, 5.41) is 3.64. The third-order valence-corrected chi connectivity index (χ3v) is 5.75. The highest BCUT2D eigenvalue weighted by Gasteiger charge is 2.19. The van der Waals surface area contributed by atoms with Crippen LogP contribution in [0.2, 0.25) is 5.02 Å². The molecule has 0 unspecified atom stereocenters. The van der Waals surface area contributed by atoms with E-state index in [0.717, 1.165) is 55.6 Å². The van der Waals surface area contributed by atoms with Gasteiger partial charge < -0.3 is 14.5 Å². The molecule has 0 radical (unpaired) electrons. The standard InChI is InChI=1S/C25H28ClN3O3/c26-21-8-6-20(7-9-21)24-11-10-23(32-24)18-27-25(30)19-29-14-12-28(13-15-29)16-17-31-22-4-2-1-3-5-22/h1-11H,12-19H2,(H,27,30). The van der Waals surface area contributed by atoms with E-state index >= 15 is 0 Å². The molecule has 1 aliphatic heterocycles. The van der Waals surface area contributed by atoms with Crippen molar-refractivity contribution in [3.63, 3.8) is 0 Å². The Morgan fingerprint density at radius 1 is 0.938 bits per heavy atom. The molecule has 2 aromatic carbocycles. The van der Waals surface area contributed by atoms with Crippen LogP contribution in [-0.4, -0.2) is 61.6 Å². The van der Waals surface area contributed by atoms with Crippen molar-refractivity contribution in [3.05, 3.63) is 77.5 Å². The van der Waals surface area contributed by atoms with Crippen molar-refractivity contribution in [2.24, 2.45) is 0 Å². The number of benzene rings is 2. The lowest BCUT2D eigenvalue weighted by atomic mass is 10.2. The molecule has 1 N–H and O–H groups in total. The van der Waals surface area contributed by atoms with E-state index in [1.807, 2.05) is 66.7 Å². The van der Waals surface area contributed by atoms with E-state index in [-0.39, 0.29) is 5.91 Å². The topological polar surface area (TPSA) is 58.0 Å². The average Bonchev–Trinajstić information content (AvgIpc) is 3.29. The first-order chi connectivity index (χ1) is 15.7. The maximum atomic E-state index is 12.4. The number of hydrogen-bond donors (Lipinski definition) is 1. The van der Waals surface area contributed by atoms with Gasteiger partial charge in [-0.05, 0) is 48.5 Å². The second kappa shape index (κ2) is 11.2. The van der Waals surface area contributed by atoms with E-state index in [9.17, 15) is 4.79 Å². The number of piperazine rings is 1. The van der Waals surface area contributed by atoms with Crippen LogP contribution in [-0.2, 0) is 11.3 Å². The number of halogens is 1. The number of nitrogens with one attached hydrogen (secondary N) is 1. The molecule has 0 aliphatic carbocycles. The lowest BCUT2D eigenvalue weighted by Crippen LogP contribution is -2.50. The molecule has 4 rings (SSSR count). The second-order valence-corrected chi connectivity index (χ2v) is 8.27. The summed E-state index contributed by atoms with van der Waals surface area (Å²) in [5.74, 6) is 2.40. The largest absolute Gasteiger partial charge is 0.492 e. The number of carbonyl (C=O) groups excluding carboxylic acids is 1. The van der Waals surface area contributed by atoms with E-state index in [0.29, 0.717) is 24.7 Å². The zero-order valence-electron chi connectivity index (χ0n) is 18.0. The number of carbonyl (C=O) groups is 1. The van der Waals surface area contributed by atoms with Crippen LogP contribution in [0.4, 0.5) is 0 Å². The van der Waals surface area contributed by atoms with Crippen LogP contribution in [0.1, 0.15) is 5.76 Å². The molecular formula is C25H28ClN3O3. The number of para-hydroxylation sites is 1. The molecule has 1 aliphatic rings. The summed E-state index contributed by atoms with van der Waals surface area (Å²) in [5.41, 5.74) is 0.957. The fraction of sp³-hybridized carbons (Fsp3) is 0.320. The van der Waals surface area contributed by atoms with E-state index in [4.69, 9.17) is 20.8 Å². The van der Waals surface area contributed by atoms with Crippen LogP contribution < -0.4 is 10.1 Å². The smallest absolute Gasteiger partial charge is 0.234 e. The highest BCUT2D eigenvalue weighted by molar-refractivity contribution is 6.30. The van der Waals surface area contributed by atoms with E-state index in [2.05, 4.69) is 15.1 Å². The highest BCUT2D eigenvalue weighted by atomic mass is 35.5. The van der Waals surface area contributed by atoms with Gasteiger partial charge in [0.2, 0.25) is 5.91 Å². The summed E-state index contributed by atoms with van der Waals surface area (Å²) in [7, 11) is 0. The summed E-state index contributed by atoms with van der Waals surface area (Å²) in [6.07, 6.45) is 0. The third kappa shape index (κ3) is 6.60. The maximum absolute atomic E-state index is 12.4. The lowest BCUT2D eigenvalue weighted by Gasteiger charge is -2.34. The minimum atomic E-state index is 0.00954. The third-order valence-electron chi connectivity index (χ3n) is 5.50. The van der Waals surface area contributed by atoms with Gasteiger partial charge in [0.15, 0.2) is 0 Å². The number of amides is 1. The Balaban J connectivity index is 1.13. The molecule has 0 bridgehead atoms. The molecule has 2 heterocycles. The van der Waals surface area contributed by atoms with Crippen molar-refractivity contribution in [1.29, 1.82) is 0 Å². The number of ether oxygens (including phenoxy) is 1. The summed E-state index contributed by atoms with van der Waals surface area (Å²) in [6.45, 7) is 5.97. The van der Waals surface area contributed by atoms with Crippen LogP contribution in [0, 0.1) is 0 Å². The molecule has 3 aromatic rings. The first kappa shape index (κ1) is 22.4. The first-order valence-corrected chi connectivity index (χ1v) is 11.3. The van der Waals surface area contributed by atoms with Crippen molar-refractivity contribution in [3.8, 4) is 17.1 Å². The predicted octanol–water partition coefficient (Wildman–Crippen LogP) is 3.91. The molecule has 6 nitrogen and oxygen atoms in total. The molecule has 1 saturated heterocycles. The average molecular weight is 454 g/mol. The quantitative estimate of drug-likeness (QED) is 0.532. The van der Waals surface area contributed by atoms with Gasteiger partial charge in [-0.2, -0.15) is 0 Å². The fourth-order valence-corrected chi connectivity index (χ4v) is 3.79. The van der Waals surface area contributed by atoms with E-state index in [1.54, 1.807) is 0 Å². The highest BCUT2D eigenvalue weighted by Crippen LogP contribution is 2.23. The summed E-state index contributed by atoms with van der Waals surface area (Å²) in [4.78, 5) is 16.9. The van der Waals surface area contributed by atoms with Crippen LogP contribution in [0.5, 0.6) is 5.75 Å². The molecule has 1 amide bonds. The second-order valence-electron chi connectivity index (χ2n) is 7.83. The number of nitrogens with zero attached hydrogens (tertiary/aromatic N) is 2. The van der Waals surface area contributed by atoms with Gasteiger partial charge in [-0.15, -0.1) is 0 Å². The summed E-state index contributed by atoms with van der Waals surface area (Å²) >= 11 is 5.93. The normalized spacial score (nSPS) is 14.9. The molecule has 1 aromatic heterocycles.